The molecule has 0 aliphatic carbocycles. The van der Waals surface area contributed by atoms with E-state index in [1.54, 1.807) is 20.8 Å². The molecule has 1 amide bonds. The van der Waals surface area contributed by atoms with E-state index in [0.717, 1.165) is 53.4 Å². The number of ether oxygens (including phenoxy) is 1. The molecule has 206 valence electrons. The first-order valence-electron chi connectivity index (χ1n) is 11.5. The highest BCUT2D eigenvalue weighted by atomic mass is 19.4. The molecule has 1 aliphatic heterocycles. The van der Waals surface area contributed by atoms with E-state index in [0.29, 0.717) is 0 Å². The molecule has 1 aliphatic rings. The molecule has 6 nitrogen and oxygen atoms in total. The van der Waals surface area contributed by atoms with Gasteiger partial charge in [0.2, 0.25) is 0 Å². The molecule has 1 N–H and O–H groups in total. The number of likely N-dealkylation sites (tertiary alicyclic amines) is 1. The van der Waals surface area contributed by atoms with Gasteiger partial charge in [-0.25, -0.2) is 4.79 Å². The maximum Gasteiger partial charge on any atom is 0.416 e. The van der Waals surface area contributed by atoms with Gasteiger partial charge in [-0.05, 0) is 56.2 Å². The van der Waals surface area contributed by atoms with Crippen LogP contribution in [0.2, 0.25) is 0 Å². The summed E-state index contributed by atoms with van der Waals surface area (Å²) in [5, 5.41) is 10.1. The zero-order valence-corrected chi connectivity index (χ0v) is 20.6. The lowest BCUT2D eigenvalue weighted by Crippen LogP contribution is -2.48. The summed E-state index contributed by atoms with van der Waals surface area (Å²) in [6.45, 7) is 4.77. The normalized spacial score (nSPS) is 20.8. The summed E-state index contributed by atoms with van der Waals surface area (Å²) < 4.78 is 83.8. The van der Waals surface area contributed by atoms with E-state index in [1.807, 2.05) is 0 Å². The Morgan fingerprint density at radius 3 is 1.71 bits per heavy atom. The van der Waals surface area contributed by atoms with Gasteiger partial charge in [0, 0.05) is 6.42 Å². The third kappa shape index (κ3) is 6.65. The van der Waals surface area contributed by atoms with Crippen LogP contribution >= 0.6 is 0 Å². The quantitative estimate of drug-likeness (QED) is 0.337. The Morgan fingerprint density at radius 2 is 1.32 bits per heavy atom. The molecular formula is C26H25F6NO5. The molecule has 0 radical (unpaired) electrons. The molecule has 2 aromatic rings. The highest BCUT2D eigenvalue weighted by molar-refractivity contribution is 5.89. The lowest BCUT2D eigenvalue weighted by Gasteiger charge is -2.44. The summed E-state index contributed by atoms with van der Waals surface area (Å²) in [5.74, 6) is -2.70. The number of ketones is 1. The molecule has 0 spiro atoms. The van der Waals surface area contributed by atoms with Crippen LogP contribution in [0.4, 0.5) is 31.1 Å². The Morgan fingerprint density at radius 1 is 0.868 bits per heavy atom. The van der Waals surface area contributed by atoms with Crippen molar-refractivity contribution in [1.82, 2.24) is 4.90 Å². The first-order chi connectivity index (χ1) is 17.4. The second-order valence-corrected chi connectivity index (χ2v) is 9.96. The third-order valence-electron chi connectivity index (χ3n) is 6.05. The first kappa shape index (κ1) is 29.0. The van der Waals surface area contributed by atoms with Gasteiger partial charge in [-0.2, -0.15) is 26.3 Å². The van der Waals surface area contributed by atoms with Gasteiger partial charge in [0.15, 0.2) is 0 Å². The number of alkyl halides is 6. The van der Waals surface area contributed by atoms with Crippen molar-refractivity contribution in [3.63, 3.8) is 0 Å². The van der Waals surface area contributed by atoms with Gasteiger partial charge in [0.1, 0.15) is 11.4 Å². The highest BCUT2D eigenvalue weighted by Crippen LogP contribution is 2.46. The van der Waals surface area contributed by atoms with E-state index in [9.17, 15) is 45.8 Å². The lowest BCUT2D eigenvalue weighted by molar-refractivity contribution is -0.159. The van der Waals surface area contributed by atoms with Crippen LogP contribution in [-0.4, -0.2) is 33.5 Å². The number of esters is 1. The van der Waals surface area contributed by atoms with Crippen LogP contribution in [0, 0.1) is 5.92 Å². The predicted molar refractivity (Wildman–Crippen MR) is 122 cm³/mol. The number of benzene rings is 2. The molecule has 0 bridgehead atoms. The maximum atomic E-state index is 13.3. The molecule has 3 atom stereocenters. The molecule has 38 heavy (non-hydrogen) atoms. The van der Waals surface area contributed by atoms with Crippen molar-refractivity contribution in [2.75, 3.05) is 0 Å². The number of halogens is 6. The van der Waals surface area contributed by atoms with Gasteiger partial charge in [0.25, 0.3) is 0 Å². The van der Waals surface area contributed by atoms with Crippen LogP contribution in [0.5, 0.6) is 0 Å². The number of carbonyl (C=O) groups excluding carboxylic acids is 2. The van der Waals surface area contributed by atoms with Crippen LogP contribution in [0.1, 0.15) is 68.0 Å². The molecule has 3 unspecified atom stereocenters. The summed E-state index contributed by atoms with van der Waals surface area (Å²) in [5.41, 5.74) is -2.81. The molecule has 1 saturated heterocycles. The van der Waals surface area contributed by atoms with Crippen molar-refractivity contribution in [3.8, 4) is 0 Å². The zero-order chi connectivity index (χ0) is 28.6. The minimum absolute atomic E-state index is 0.0129. The third-order valence-corrected chi connectivity index (χ3v) is 6.05. The van der Waals surface area contributed by atoms with Gasteiger partial charge in [-0.15, -0.1) is 0 Å². The molecule has 3 rings (SSSR count). The van der Waals surface area contributed by atoms with Gasteiger partial charge in [-0.3, -0.25) is 14.5 Å². The number of carbonyl (C=O) groups is 3. The number of rotatable bonds is 4. The molecule has 12 heteroatoms. The Balaban J connectivity index is 2.09. The Hall–Kier alpha value is -3.57. The topological polar surface area (TPSA) is 83.9 Å². The minimum atomic E-state index is -4.67. The minimum Gasteiger partial charge on any atom is -0.465 e. The SMILES string of the molecule is CC(C)(C)OC(=O)CC1C(=O)CC(c2ccc(C(F)(F)F)cc2)N(C(=O)O)C1c1ccc(C(F)(F)F)cc1. The fraction of sp³-hybridized carbons (Fsp3) is 0.423. The molecule has 2 aromatic carbocycles. The van der Waals surface area contributed by atoms with Crippen LogP contribution in [0.25, 0.3) is 0 Å². The van der Waals surface area contributed by atoms with Gasteiger partial charge in [-0.1, -0.05) is 24.3 Å². The van der Waals surface area contributed by atoms with E-state index in [2.05, 4.69) is 0 Å². The molecule has 0 aromatic heterocycles. The largest absolute Gasteiger partial charge is 0.465 e. The van der Waals surface area contributed by atoms with Crippen LogP contribution in [0.15, 0.2) is 48.5 Å². The van der Waals surface area contributed by atoms with Gasteiger partial charge >= 0.3 is 24.4 Å². The molecule has 1 fully saturated rings. The first-order valence-corrected chi connectivity index (χ1v) is 11.5. The van der Waals surface area contributed by atoms with Crippen molar-refractivity contribution in [2.45, 2.75) is 63.7 Å². The second kappa shape index (κ2) is 10.3. The number of Topliss-reactive ketones (excluding diaryl/α,β-unsaturated/α-hetero) is 1. The van der Waals surface area contributed by atoms with Crippen LogP contribution in [-0.2, 0) is 26.7 Å². The number of hydrogen-bond donors (Lipinski definition) is 1. The van der Waals surface area contributed by atoms with Gasteiger partial charge in [0.05, 0.1) is 35.5 Å². The number of nitrogens with zero attached hydrogens (tertiary/aromatic N) is 1. The zero-order valence-electron chi connectivity index (χ0n) is 20.6. The van der Waals surface area contributed by atoms with E-state index >= 15 is 0 Å². The van der Waals surface area contributed by atoms with E-state index in [-0.39, 0.29) is 11.1 Å². The predicted octanol–water partition coefficient (Wildman–Crippen LogP) is 6.81. The summed E-state index contributed by atoms with van der Waals surface area (Å²) in [6.07, 6.45) is -11.9. The smallest absolute Gasteiger partial charge is 0.416 e. The molecule has 0 saturated carbocycles. The number of hydrogen-bond acceptors (Lipinski definition) is 4. The summed E-state index contributed by atoms with van der Waals surface area (Å²) in [6, 6.07) is 4.45. The monoisotopic (exact) mass is 545 g/mol. The number of carboxylic acid groups (broad SMARTS) is 1. The van der Waals surface area contributed by atoms with Crippen molar-refractivity contribution in [2.24, 2.45) is 5.92 Å². The number of piperidine rings is 1. The summed E-state index contributed by atoms with van der Waals surface area (Å²) >= 11 is 0. The second-order valence-electron chi connectivity index (χ2n) is 9.96. The van der Waals surface area contributed by atoms with E-state index in [1.165, 1.54) is 0 Å². The fourth-order valence-electron chi connectivity index (χ4n) is 4.48. The average Bonchev–Trinajstić information content (AvgIpc) is 2.77. The standard InChI is InChI=1S/C26H25F6NO5/c1-24(2,3)38-21(35)12-18-20(34)13-19(14-4-8-16(9-5-14)25(27,28)29)33(23(36)37)22(18)15-6-10-17(11-7-15)26(30,31)32/h4-11,18-19,22H,12-13H2,1-3H3,(H,36,37). The fourth-order valence-corrected chi connectivity index (χ4v) is 4.48. The average molecular weight is 545 g/mol. The van der Waals surface area contributed by atoms with Crippen molar-refractivity contribution in [3.05, 3.63) is 70.8 Å². The van der Waals surface area contributed by atoms with Crippen molar-refractivity contribution >= 4 is 17.8 Å². The summed E-state index contributed by atoms with van der Waals surface area (Å²) in [4.78, 5) is 39.2. The maximum absolute atomic E-state index is 13.3. The molecular weight excluding hydrogens is 520 g/mol. The van der Waals surface area contributed by atoms with Crippen molar-refractivity contribution in [1.29, 1.82) is 0 Å². The summed E-state index contributed by atoms with van der Waals surface area (Å²) in [7, 11) is 0. The lowest BCUT2D eigenvalue weighted by atomic mass is 9.77. The highest BCUT2D eigenvalue weighted by Gasteiger charge is 2.47. The van der Waals surface area contributed by atoms with Crippen LogP contribution in [0.3, 0.4) is 0 Å². The van der Waals surface area contributed by atoms with E-state index < -0.39 is 77.8 Å². The molecule has 1 heterocycles. The Labute approximate surface area is 214 Å². The van der Waals surface area contributed by atoms with Crippen LogP contribution < -0.4 is 0 Å². The Bertz CT molecular complexity index is 1180. The number of amides is 1. The van der Waals surface area contributed by atoms with Crippen molar-refractivity contribution < 1.29 is 50.6 Å². The van der Waals surface area contributed by atoms with E-state index in [4.69, 9.17) is 4.74 Å². The Kier molecular flexibility index (Phi) is 7.86. The van der Waals surface area contributed by atoms with Gasteiger partial charge < -0.3 is 9.84 Å².